The van der Waals surface area contributed by atoms with Gasteiger partial charge in [-0.05, 0) is 34.7 Å². The van der Waals surface area contributed by atoms with Crippen LogP contribution < -0.4 is 10.6 Å². The van der Waals surface area contributed by atoms with Gasteiger partial charge in [0.25, 0.3) is 0 Å². The van der Waals surface area contributed by atoms with E-state index in [4.69, 9.17) is 0 Å². The Hall–Kier alpha value is -3.13. The van der Waals surface area contributed by atoms with Gasteiger partial charge in [-0.1, -0.05) is 62.6 Å². The Balaban J connectivity index is 1.57. The lowest BCUT2D eigenvalue weighted by atomic mass is 9.99. The number of nitriles is 1. The number of fused-ring (bicyclic) bond motifs is 1. The fraction of sp³-hybridized carbons (Fsp3) is 0.375. The zero-order valence-electron chi connectivity index (χ0n) is 16.8. The maximum absolute atomic E-state index is 12.0. The molecule has 2 aromatic rings. The van der Waals surface area contributed by atoms with Crippen molar-refractivity contribution in [3.8, 4) is 17.2 Å². The van der Waals surface area contributed by atoms with Gasteiger partial charge in [0.05, 0.1) is 12.5 Å². The van der Waals surface area contributed by atoms with Crippen LogP contribution in [0, 0.1) is 11.3 Å². The third-order valence-corrected chi connectivity index (χ3v) is 5.21. The number of nitrogens with one attached hydrogen (secondary N) is 2. The summed E-state index contributed by atoms with van der Waals surface area (Å²) in [5.41, 5.74) is 4.99. The molecule has 1 unspecified atom stereocenters. The van der Waals surface area contributed by atoms with Crippen LogP contribution in [0.15, 0.2) is 42.5 Å². The summed E-state index contributed by atoms with van der Waals surface area (Å²) in [5, 5.41) is 15.1. The predicted molar refractivity (Wildman–Crippen MR) is 114 cm³/mol. The van der Waals surface area contributed by atoms with E-state index >= 15 is 0 Å². The van der Waals surface area contributed by atoms with Crippen molar-refractivity contribution in [2.24, 2.45) is 0 Å². The van der Waals surface area contributed by atoms with Crippen molar-refractivity contribution in [1.29, 1.82) is 5.26 Å². The van der Waals surface area contributed by atoms with E-state index in [1.807, 2.05) is 42.5 Å². The summed E-state index contributed by atoms with van der Waals surface area (Å²) in [6.45, 7) is 2.14. The van der Waals surface area contributed by atoms with E-state index in [0.717, 1.165) is 53.6 Å². The van der Waals surface area contributed by atoms with Gasteiger partial charge in [-0.2, -0.15) is 5.26 Å². The first-order valence-corrected chi connectivity index (χ1v) is 10.3. The maximum atomic E-state index is 12.0. The molecule has 29 heavy (non-hydrogen) atoms. The van der Waals surface area contributed by atoms with E-state index in [-0.39, 0.29) is 11.8 Å². The molecule has 0 fully saturated rings. The van der Waals surface area contributed by atoms with Crippen LogP contribution in [0.1, 0.15) is 50.2 Å². The van der Waals surface area contributed by atoms with E-state index in [1.165, 1.54) is 0 Å². The minimum absolute atomic E-state index is 0.0300. The highest BCUT2D eigenvalue weighted by Crippen LogP contribution is 2.29. The van der Waals surface area contributed by atoms with Crippen LogP contribution in [-0.4, -0.2) is 17.9 Å². The van der Waals surface area contributed by atoms with Crippen LogP contribution in [0.25, 0.3) is 11.1 Å². The number of hydrogen-bond donors (Lipinski definition) is 2. The summed E-state index contributed by atoms with van der Waals surface area (Å²) in [7, 11) is 0. The fourth-order valence-corrected chi connectivity index (χ4v) is 3.57. The summed E-state index contributed by atoms with van der Waals surface area (Å²) in [4.78, 5) is 23.5. The van der Waals surface area contributed by atoms with Gasteiger partial charge >= 0.3 is 0 Å². The lowest BCUT2D eigenvalue weighted by molar-refractivity contribution is -0.121. The second-order valence-electron chi connectivity index (χ2n) is 7.56. The van der Waals surface area contributed by atoms with Crippen LogP contribution in [0.5, 0.6) is 0 Å². The Labute approximate surface area is 172 Å². The van der Waals surface area contributed by atoms with Gasteiger partial charge in [-0.3, -0.25) is 9.59 Å². The number of nitrogens with zero attached hydrogens (tertiary/aromatic N) is 1. The molecule has 0 bridgehead atoms. The van der Waals surface area contributed by atoms with Gasteiger partial charge in [0.15, 0.2) is 0 Å². The summed E-state index contributed by atoms with van der Waals surface area (Å²) in [6.07, 6.45) is 5.59. The van der Waals surface area contributed by atoms with E-state index in [2.05, 4.69) is 23.6 Å². The molecular formula is C24H27N3O2. The summed E-state index contributed by atoms with van der Waals surface area (Å²) < 4.78 is 0. The lowest BCUT2D eigenvalue weighted by Crippen LogP contribution is -2.35. The summed E-state index contributed by atoms with van der Waals surface area (Å²) >= 11 is 0. The fourth-order valence-electron chi connectivity index (χ4n) is 3.57. The SMILES string of the molecule is CCCCCCC(=O)NC(C#N)Cc1ccc(-c2ccc3c(c2)NC(=O)C3)cc1. The van der Waals surface area contributed by atoms with Gasteiger partial charge in [-0.15, -0.1) is 0 Å². The number of anilines is 1. The van der Waals surface area contributed by atoms with E-state index in [0.29, 0.717) is 19.3 Å². The van der Waals surface area contributed by atoms with Crippen LogP contribution in [0.4, 0.5) is 5.69 Å². The largest absolute Gasteiger partial charge is 0.340 e. The number of amides is 2. The molecule has 0 saturated carbocycles. The zero-order valence-corrected chi connectivity index (χ0v) is 16.8. The molecule has 5 heteroatoms. The number of unbranched alkanes of at least 4 members (excludes halogenated alkanes) is 3. The molecule has 0 aromatic heterocycles. The molecular weight excluding hydrogens is 362 g/mol. The number of carbonyl (C=O) groups excluding carboxylic acids is 2. The highest BCUT2D eigenvalue weighted by molar-refractivity contribution is 5.99. The van der Waals surface area contributed by atoms with Gasteiger partial charge in [0.1, 0.15) is 6.04 Å². The standard InChI is InChI=1S/C24H27N3O2/c1-2-3-4-5-6-23(28)26-21(16-25)13-17-7-9-18(10-8-17)19-11-12-20-15-24(29)27-22(20)14-19/h7-12,14,21H,2-6,13,15H2,1H3,(H,26,28)(H,27,29). The minimum atomic E-state index is -0.519. The van der Waals surface area contributed by atoms with Gasteiger partial charge in [0.2, 0.25) is 11.8 Å². The second-order valence-corrected chi connectivity index (χ2v) is 7.56. The Morgan fingerprint density at radius 1 is 1.14 bits per heavy atom. The first kappa shape index (κ1) is 20.6. The molecule has 0 spiro atoms. The first-order valence-electron chi connectivity index (χ1n) is 10.3. The topological polar surface area (TPSA) is 82.0 Å². The van der Waals surface area contributed by atoms with Crippen molar-refractivity contribution < 1.29 is 9.59 Å². The molecule has 1 aliphatic heterocycles. The van der Waals surface area contributed by atoms with E-state index in [1.54, 1.807) is 0 Å². The van der Waals surface area contributed by atoms with Crippen molar-refractivity contribution in [2.45, 2.75) is 57.9 Å². The smallest absolute Gasteiger partial charge is 0.228 e. The van der Waals surface area contributed by atoms with Gasteiger partial charge < -0.3 is 10.6 Å². The van der Waals surface area contributed by atoms with Crippen LogP contribution in [0.2, 0.25) is 0 Å². The summed E-state index contributed by atoms with van der Waals surface area (Å²) in [6, 6.07) is 15.7. The molecule has 5 nitrogen and oxygen atoms in total. The molecule has 150 valence electrons. The third-order valence-electron chi connectivity index (χ3n) is 5.21. The van der Waals surface area contributed by atoms with Crippen molar-refractivity contribution in [1.82, 2.24) is 5.32 Å². The number of hydrogen-bond acceptors (Lipinski definition) is 3. The molecule has 0 aliphatic carbocycles. The van der Waals surface area contributed by atoms with Crippen molar-refractivity contribution >= 4 is 17.5 Å². The Morgan fingerprint density at radius 2 is 1.90 bits per heavy atom. The minimum Gasteiger partial charge on any atom is -0.340 e. The lowest BCUT2D eigenvalue weighted by Gasteiger charge is -2.12. The van der Waals surface area contributed by atoms with Crippen LogP contribution in [0.3, 0.4) is 0 Å². The first-order chi connectivity index (χ1) is 14.1. The Kier molecular flexibility index (Phi) is 7.02. The predicted octanol–water partition coefficient (Wildman–Crippen LogP) is 4.37. The molecule has 2 amide bonds. The highest BCUT2D eigenvalue weighted by atomic mass is 16.2. The van der Waals surface area contributed by atoms with Crippen molar-refractivity contribution in [3.63, 3.8) is 0 Å². The Morgan fingerprint density at radius 3 is 2.62 bits per heavy atom. The van der Waals surface area contributed by atoms with E-state index in [9.17, 15) is 14.9 Å². The van der Waals surface area contributed by atoms with Gasteiger partial charge in [-0.25, -0.2) is 0 Å². The highest BCUT2D eigenvalue weighted by Gasteiger charge is 2.18. The number of carbonyl (C=O) groups is 2. The summed E-state index contributed by atoms with van der Waals surface area (Å²) in [5.74, 6) is -0.0214. The Bertz CT molecular complexity index is 913. The maximum Gasteiger partial charge on any atom is 0.228 e. The average molecular weight is 389 g/mol. The molecule has 2 N–H and O–H groups in total. The number of benzene rings is 2. The van der Waals surface area contributed by atoms with Gasteiger partial charge in [0, 0.05) is 18.5 Å². The van der Waals surface area contributed by atoms with E-state index < -0.39 is 6.04 Å². The normalized spacial score (nSPS) is 13.3. The average Bonchev–Trinajstić information content (AvgIpc) is 3.10. The second kappa shape index (κ2) is 9.88. The molecule has 0 saturated heterocycles. The number of rotatable bonds is 9. The molecule has 0 radical (unpaired) electrons. The molecule has 1 aliphatic rings. The van der Waals surface area contributed by atoms with Crippen LogP contribution in [-0.2, 0) is 22.4 Å². The zero-order chi connectivity index (χ0) is 20.6. The molecule has 1 heterocycles. The molecule has 2 aromatic carbocycles. The van der Waals surface area contributed by atoms with Crippen LogP contribution >= 0.6 is 0 Å². The molecule has 1 atom stereocenters. The van der Waals surface area contributed by atoms with Crippen molar-refractivity contribution in [3.05, 3.63) is 53.6 Å². The quantitative estimate of drug-likeness (QED) is 0.625. The van der Waals surface area contributed by atoms with Crippen molar-refractivity contribution in [2.75, 3.05) is 5.32 Å². The third kappa shape index (κ3) is 5.68. The monoisotopic (exact) mass is 389 g/mol. The molecule has 3 rings (SSSR count).